The quantitative estimate of drug-likeness (QED) is 0.876. The molecule has 1 aromatic carbocycles. The highest BCUT2D eigenvalue weighted by Gasteiger charge is 2.41. The van der Waals surface area contributed by atoms with Crippen LogP contribution < -0.4 is 0 Å². The number of rotatable bonds is 2. The van der Waals surface area contributed by atoms with Crippen molar-refractivity contribution in [1.29, 1.82) is 0 Å². The third kappa shape index (κ3) is 3.69. The molecule has 6 heteroatoms. The van der Waals surface area contributed by atoms with Gasteiger partial charge in [-0.3, -0.25) is 4.79 Å². The Labute approximate surface area is 129 Å². The molecule has 22 heavy (non-hydrogen) atoms. The van der Waals surface area contributed by atoms with E-state index in [9.17, 15) is 19.8 Å². The number of carboxylic acids is 1. The van der Waals surface area contributed by atoms with Gasteiger partial charge in [0.25, 0.3) is 0 Å². The van der Waals surface area contributed by atoms with Crippen LogP contribution in [-0.4, -0.2) is 45.9 Å². The molecule has 2 unspecified atom stereocenters. The second kappa shape index (κ2) is 5.87. The second-order valence-corrected chi connectivity index (χ2v) is 6.53. The zero-order valence-corrected chi connectivity index (χ0v) is 12.9. The highest BCUT2D eigenvalue weighted by molar-refractivity contribution is 5.76. The van der Waals surface area contributed by atoms with Gasteiger partial charge in [0.15, 0.2) is 0 Å². The maximum atomic E-state index is 12.1. The third-order valence-electron chi connectivity index (χ3n) is 3.59. The Bertz CT molecular complexity index is 578. The summed E-state index contributed by atoms with van der Waals surface area (Å²) >= 11 is 0. The lowest BCUT2D eigenvalue weighted by Gasteiger charge is -2.24. The predicted octanol–water partition coefficient (Wildman–Crippen LogP) is 2.43. The minimum absolute atomic E-state index is 0.0809. The van der Waals surface area contributed by atoms with Crippen molar-refractivity contribution >= 4 is 12.1 Å². The lowest BCUT2D eigenvalue weighted by atomic mass is 9.89. The number of phenols is 1. The van der Waals surface area contributed by atoms with E-state index in [4.69, 9.17) is 4.74 Å². The normalized spacial score (nSPS) is 21.7. The Morgan fingerprint density at radius 2 is 1.95 bits per heavy atom. The summed E-state index contributed by atoms with van der Waals surface area (Å²) in [5.74, 6) is -1.96. The van der Waals surface area contributed by atoms with Crippen molar-refractivity contribution in [2.45, 2.75) is 32.3 Å². The topological polar surface area (TPSA) is 87.1 Å². The number of amides is 1. The molecule has 1 saturated heterocycles. The van der Waals surface area contributed by atoms with Gasteiger partial charge in [-0.15, -0.1) is 0 Å². The van der Waals surface area contributed by atoms with Gasteiger partial charge in [0.05, 0.1) is 5.92 Å². The van der Waals surface area contributed by atoms with E-state index in [1.165, 1.54) is 11.0 Å². The second-order valence-electron chi connectivity index (χ2n) is 6.53. The molecular weight excluding hydrogens is 286 g/mol. The fourth-order valence-electron chi connectivity index (χ4n) is 2.62. The largest absolute Gasteiger partial charge is 0.508 e. The first kappa shape index (κ1) is 16.1. The Morgan fingerprint density at radius 3 is 2.50 bits per heavy atom. The Balaban J connectivity index is 2.20. The van der Waals surface area contributed by atoms with E-state index in [1.807, 2.05) is 0 Å². The van der Waals surface area contributed by atoms with E-state index >= 15 is 0 Å². The number of carbonyl (C=O) groups is 2. The number of ether oxygens (including phenoxy) is 1. The molecule has 1 aliphatic heterocycles. The van der Waals surface area contributed by atoms with Crippen LogP contribution in [0, 0.1) is 5.92 Å². The van der Waals surface area contributed by atoms with Crippen LogP contribution in [0.25, 0.3) is 0 Å². The van der Waals surface area contributed by atoms with Gasteiger partial charge in [-0.2, -0.15) is 0 Å². The van der Waals surface area contributed by atoms with E-state index in [2.05, 4.69) is 0 Å². The van der Waals surface area contributed by atoms with Crippen molar-refractivity contribution < 1.29 is 24.5 Å². The average molecular weight is 307 g/mol. The monoisotopic (exact) mass is 307 g/mol. The van der Waals surface area contributed by atoms with Crippen LogP contribution in [0.3, 0.4) is 0 Å². The number of aromatic hydroxyl groups is 1. The zero-order chi connectivity index (χ0) is 16.5. The van der Waals surface area contributed by atoms with Crippen molar-refractivity contribution in [2.24, 2.45) is 5.92 Å². The smallest absolute Gasteiger partial charge is 0.410 e. The van der Waals surface area contributed by atoms with Crippen molar-refractivity contribution in [1.82, 2.24) is 4.90 Å². The van der Waals surface area contributed by atoms with Crippen molar-refractivity contribution in [2.75, 3.05) is 13.1 Å². The molecule has 6 nitrogen and oxygen atoms in total. The van der Waals surface area contributed by atoms with Crippen LogP contribution >= 0.6 is 0 Å². The molecule has 1 amide bonds. The number of carboxylic acid groups (broad SMARTS) is 1. The van der Waals surface area contributed by atoms with E-state index in [0.717, 1.165) is 0 Å². The number of hydrogen-bond donors (Lipinski definition) is 2. The highest BCUT2D eigenvalue weighted by atomic mass is 16.6. The van der Waals surface area contributed by atoms with Crippen LogP contribution in [0.15, 0.2) is 24.3 Å². The Morgan fingerprint density at radius 1 is 1.27 bits per heavy atom. The minimum Gasteiger partial charge on any atom is -0.508 e. The van der Waals surface area contributed by atoms with E-state index in [0.29, 0.717) is 5.56 Å². The van der Waals surface area contributed by atoms with Crippen molar-refractivity contribution in [3.63, 3.8) is 0 Å². The van der Waals surface area contributed by atoms with Crippen molar-refractivity contribution in [3.05, 3.63) is 29.8 Å². The molecule has 1 aromatic rings. The van der Waals surface area contributed by atoms with Gasteiger partial charge in [0.2, 0.25) is 0 Å². The number of likely N-dealkylation sites (tertiary alicyclic amines) is 1. The summed E-state index contributed by atoms with van der Waals surface area (Å²) in [6.07, 6.45) is -0.513. The molecule has 120 valence electrons. The Hall–Kier alpha value is -2.24. The van der Waals surface area contributed by atoms with Gasteiger partial charge in [-0.1, -0.05) is 12.1 Å². The first-order valence-corrected chi connectivity index (χ1v) is 7.17. The minimum atomic E-state index is -0.959. The van der Waals surface area contributed by atoms with Crippen LogP contribution in [0.5, 0.6) is 5.75 Å². The molecule has 0 aromatic heterocycles. The number of aliphatic carboxylic acids is 1. The summed E-state index contributed by atoms with van der Waals surface area (Å²) in [6.45, 7) is 5.66. The maximum Gasteiger partial charge on any atom is 0.410 e. The van der Waals surface area contributed by atoms with Crippen LogP contribution in [-0.2, 0) is 9.53 Å². The highest BCUT2D eigenvalue weighted by Crippen LogP contribution is 2.34. The van der Waals surface area contributed by atoms with Crippen molar-refractivity contribution in [3.8, 4) is 5.75 Å². The zero-order valence-electron chi connectivity index (χ0n) is 12.9. The predicted molar refractivity (Wildman–Crippen MR) is 79.8 cm³/mol. The first-order chi connectivity index (χ1) is 10.2. The fourth-order valence-corrected chi connectivity index (χ4v) is 2.62. The Kier molecular flexibility index (Phi) is 4.30. The fraction of sp³-hybridized carbons (Fsp3) is 0.500. The molecule has 0 radical (unpaired) electrons. The number of nitrogens with zero attached hydrogens (tertiary/aromatic N) is 1. The lowest BCUT2D eigenvalue weighted by molar-refractivity contribution is -0.141. The van der Waals surface area contributed by atoms with E-state index in [-0.39, 0.29) is 24.8 Å². The maximum absolute atomic E-state index is 12.1. The van der Waals surface area contributed by atoms with E-state index < -0.39 is 23.6 Å². The SMILES string of the molecule is CC(C)(C)OC(=O)N1CC(C(=O)O)C(c2cccc(O)c2)C1. The molecule has 0 bridgehead atoms. The summed E-state index contributed by atoms with van der Waals surface area (Å²) in [4.78, 5) is 25.0. The molecule has 2 N–H and O–H groups in total. The molecule has 0 aliphatic carbocycles. The number of benzene rings is 1. The molecule has 0 spiro atoms. The molecule has 0 saturated carbocycles. The van der Waals surface area contributed by atoms with Crippen LogP contribution in [0.1, 0.15) is 32.3 Å². The summed E-state index contributed by atoms with van der Waals surface area (Å²) in [5.41, 5.74) is 0.0808. The molecule has 2 rings (SSSR count). The molecular formula is C16H21NO5. The molecule has 1 aliphatic rings. The van der Waals surface area contributed by atoms with Gasteiger partial charge in [-0.25, -0.2) is 4.79 Å². The number of phenolic OH excluding ortho intramolecular Hbond substituents is 1. The summed E-state index contributed by atoms with van der Waals surface area (Å²) in [6, 6.07) is 6.50. The third-order valence-corrected chi connectivity index (χ3v) is 3.59. The molecule has 1 heterocycles. The summed E-state index contributed by atoms with van der Waals surface area (Å²) < 4.78 is 5.30. The van der Waals surface area contributed by atoms with Crippen LogP contribution in [0.4, 0.5) is 4.79 Å². The van der Waals surface area contributed by atoms with Gasteiger partial charge >= 0.3 is 12.1 Å². The average Bonchev–Trinajstić information content (AvgIpc) is 2.82. The standard InChI is InChI=1S/C16H21NO5/c1-16(2,3)22-15(21)17-8-12(13(9-17)14(19)20)10-5-4-6-11(18)7-10/h4-7,12-13,18H,8-9H2,1-3H3,(H,19,20). The number of carbonyl (C=O) groups excluding carboxylic acids is 1. The summed E-state index contributed by atoms with van der Waals surface area (Å²) in [5, 5.41) is 19.0. The van der Waals surface area contributed by atoms with Gasteiger partial charge in [0.1, 0.15) is 11.4 Å². The first-order valence-electron chi connectivity index (χ1n) is 7.17. The van der Waals surface area contributed by atoms with Gasteiger partial charge in [-0.05, 0) is 38.5 Å². The molecule has 1 fully saturated rings. The van der Waals surface area contributed by atoms with Gasteiger partial charge < -0.3 is 19.8 Å². The van der Waals surface area contributed by atoms with Gasteiger partial charge in [0, 0.05) is 19.0 Å². The van der Waals surface area contributed by atoms with E-state index in [1.54, 1.807) is 39.0 Å². The number of hydrogen-bond acceptors (Lipinski definition) is 4. The lowest BCUT2D eigenvalue weighted by Crippen LogP contribution is -2.35. The molecule has 2 atom stereocenters. The van der Waals surface area contributed by atoms with Crippen LogP contribution in [0.2, 0.25) is 0 Å². The summed E-state index contributed by atoms with van der Waals surface area (Å²) in [7, 11) is 0.